The minimum atomic E-state index is 0.0486. The minimum Gasteiger partial charge on any atom is -0.486 e. The topological polar surface area (TPSA) is 46.6 Å². The first-order chi connectivity index (χ1) is 14.6. The smallest absolute Gasteiger partial charge is 0.220 e. The highest BCUT2D eigenvalue weighted by Crippen LogP contribution is 2.16. The summed E-state index contributed by atoms with van der Waals surface area (Å²) in [5, 5.41) is 0. The number of nitrogens with zero attached hydrogens (tertiary/aromatic N) is 1. The molecule has 0 aromatic heterocycles. The van der Waals surface area contributed by atoms with Crippen molar-refractivity contribution in [2.45, 2.75) is 71.9 Å². The Morgan fingerprint density at radius 3 is 1.93 bits per heavy atom. The van der Waals surface area contributed by atoms with Gasteiger partial charge in [-0.25, -0.2) is 0 Å². The van der Waals surface area contributed by atoms with E-state index in [1.54, 1.807) is 6.92 Å². The summed E-state index contributed by atoms with van der Waals surface area (Å²) >= 11 is 0. The summed E-state index contributed by atoms with van der Waals surface area (Å²) < 4.78 is 5.27. The van der Waals surface area contributed by atoms with E-state index in [4.69, 9.17) is 4.74 Å². The number of carbonyl (C=O) groups excluding carboxylic acids is 2. The van der Waals surface area contributed by atoms with Crippen molar-refractivity contribution in [2.24, 2.45) is 0 Å². The summed E-state index contributed by atoms with van der Waals surface area (Å²) in [6.45, 7) is 5.04. The van der Waals surface area contributed by atoms with Crippen molar-refractivity contribution in [3.63, 3.8) is 0 Å². The Morgan fingerprint density at radius 2 is 1.37 bits per heavy atom. The van der Waals surface area contributed by atoms with Crippen LogP contribution < -0.4 is 4.74 Å². The van der Waals surface area contributed by atoms with E-state index in [0.29, 0.717) is 18.8 Å². The van der Waals surface area contributed by atoms with E-state index in [-0.39, 0.29) is 12.5 Å². The Morgan fingerprint density at radius 1 is 0.833 bits per heavy atom. The molecule has 0 saturated heterocycles. The molecular weight excluding hydrogens is 374 g/mol. The van der Waals surface area contributed by atoms with Crippen LogP contribution in [-0.4, -0.2) is 23.7 Å². The lowest BCUT2D eigenvalue weighted by Crippen LogP contribution is -2.27. The third kappa shape index (κ3) is 8.81. The van der Waals surface area contributed by atoms with Gasteiger partial charge in [-0.15, -0.1) is 0 Å². The van der Waals surface area contributed by atoms with Gasteiger partial charge < -0.3 is 9.64 Å². The fourth-order valence-electron chi connectivity index (χ4n) is 3.46. The lowest BCUT2D eigenvalue weighted by molar-refractivity contribution is -0.130. The molecule has 0 aliphatic heterocycles. The Bertz CT molecular complexity index is 753. The average Bonchev–Trinajstić information content (AvgIpc) is 2.76. The summed E-state index contributed by atoms with van der Waals surface area (Å²) in [5.41, 5.74) is 3.54. The van der Waals surface area contributed by atoms with E-state index >= 15 is 0 Å². The Labute approximate surface area is 181 Å². The maximum atomic E-state index is 12.1. The molecule has 0 radical (unpaired) electrons. The van der Waals surface area contributed by atoms with Crippen LogP contribution in [0.4, 0.5) is 0 Å². The molecule has 4 nitrogen and oxygen atoms in total. The number of hydrogen-bond acceptors (Lipinski definition) is 3. The molecule has 2 aromatic rings. The number of aryl methyl sites for hydroxylation is 1. The molecule has 1 amide bonds. The van der Waals surface area contributed by atoms with Crippen LogP contribution in [0.2, 0.25) is 0 Å². The fraction of sp³-hybridized carbons (Fsp3) is 0.462. The zero-order valence-electron chi connectivity index (χ0n) is 18.4. The number of rotatable bonds is 14. The third-order valence-corrected chi connectivity index (χ3v) is 5.28. The molecule has 0 saturated carbocycles. The van der Waals surface area contributed by atoms with Crippen LogP contribution in [0.5, 0.6) is 5.75 Å². The second-order valence-electron chi connectivity index (χ2n) is 7.83. The van der Waals surface area contributed by atoms with Gasteiger partial charge in [0.25, 0.3) is 0 Å². The van der Waals surface area contributed by atoms with Crippen LogP contribution in [0.15, 0.2) is 48.5 Å². The van der Waals surface area contributed by atoms with Crippen molar-refractivity contribution in [3.8, 4) is 5.75 Å². The average molecular weight is 410 g/mol. The molecule has 4 heteroatoms. The monoisotopic (exact) mass is 409 g/mol. The van der Waals surface area contributed by atoms with E-state index in [2.05, 4.69) is 31.2 Å². The van der Waals surface area contributed by atoms with Gasteiger partial charge in [-0.3, -0.25) is 9.59 Å². The minimum absolute atomic E-state index is 0.0486. The SMILES string of the molecule is CCCCCCCCc1ccc(CN(Cc2ccc(OCC=O)cc2)C(C)=O)cc1. The van der Waals surface area contributed by atoms with Crippen molar-refractivity contribution in [1.29, 1.82) is 0 Å². The van der Waals surface area contributed by atoms with Crippen molar-refractivity contribution >= 4 is 12.2 Å². The largest absolute Gasteiger partial charge is 0.486 e. The molecule has 0 aliphatic rings. The normalized spacial score (nSPS) is 10.6. The molecule has 162 valence electrons. The lowest BCUT2D eigenvalue weighted by Gasteiger charge is -2.21. The summed E-state index contributed by atoms with van der Waals surface area (Å²) in [6, 6.07) is 16.2. The highest BCUT2D eigenvalue weighted by Gasteiger charge is 2.11. The van der Waals surface area contributed by atoms with Crippen molar-refractivity contribution in [2.75, 3.05) is 6.61 Å². The maximum absolute atomic E-state index is 12.1. The molecule has 2 aromatic carbocycles. The number of ether oxygens (including phenoxy) is 1. The van der Waals surface area contributed by atoms with Gasteiger partial charge >= 0.3 is 0 Å². The Balaban J connectivity index is 1.84. The summed E-state index contributed by atoms with van der Waals surface area (Å²) in [4.78, 5) is 24.4. The molecule has 0 spiro atoms. The first-order valence-electron chi connectivity index (χ1n) is 11.1. The van der Waals surface area contributed by atoms with E-state index in [1.165, 1.54) is 44.1 Å². The van der Waals surface area contributed by atoms with Crippen LogP contribution in [0.1, 0.15) is 69.1 Å². The Kier molecular flexibility index (Phi) is 10.7. The number of amides is 1. The maximum Gasteiger partial charge on any atom is 0.220 e. The number of aldehydes is 1. The summed E-state index contributed by atoms with van der Waals surface area (Å²) in [6.07, 6.45) is 9.73. The molecule has 0 atom stereocenters. The fourth-order valence-corrected chi connectivity index (χ4v) is 3.46. The van der Waals surface area contributed by atoms with E-state index in [0.717, 1.165) is 23.8 Å². The highest BCUT2D eigenvalue weighted by molar-refractivity contribution is 5.73. The number of carbonyl (C=O) groups is 2. The first-order valence-corrected chi connectivity index (χ1v) is 11.1. The molecule has 0 unspecified atom stereocenters. The van der Waals surface area contributed by atoms with Gasteiger partial charge in [0.1, 0.15) is 12.4 Å². The number of unbranched alkanes of at least 4 members (excludes halogenated alkanes) is 5. The Hall–Kier alpha value is -2.62. The molecule has 2 rings (SSSR count). The number of benzene rings is 2. The summed E-state index contributed by atoms with van der Waals surface area (Å²) in [5.74, 6) is 0.702. The van der Waals surface area contributed by atoms with E-state index < -0.39 is 0 Å². The van der Waals surface area contributed by atoms with Crippen LogP contribution in [0.3, 0.4) is 0 Å². The predicted octanol–water partition coefficient (Wildman–Crippen LogP) is 5.72. The van der Waals surface area contributed by atoms with Crippen LogP contribution in [-0.2, 0) is 29.1 Å². The molecular formula is C26H35NO3. The van der Waals surface area contributed by atoms with Gasteiger partial charge in [0.2, 0.25) is 5.91 Å². The van der Waals surface area contributed by atoms with Crippen LogP contribution in [0, 0.1) is 0 Å². The molecule has 0 heterocycles. The summed E-state index contributed by atoms with van der Waals surface area (Å²) in [7, 11) is 0. The van der Waals surface area contributed by atoms with Gasteiger partial charge in [0, 0.05) is 20.0 Å². The second kappa shape index (κ2) is 13.6. The van der Waals surface area contributed by atoms with Crippen molar-refractivity contribution < 1.29 is 14.3 Å². The van der Waals surface area contributed by atoms with Gasteiger partial charge in [-0.1, -0.05) is 75.4 Å². The van der Waals surface area contributed by atoms with Gasteiger partial charge in [-0.2, -0.15) is 0 Å². The predicted molar refractivity (Wildman–Crippen MR) is 121 cm³/mol. The zero-order valence-corrected chi connectivity index (χ0v) is 18.4. The van der Waals surface area contributed by atoms with E-state index in [1.807, 2.05) is 29.2 Å². The first kappa shape index (κ1) is 23.7. The highest BCUT2D eigenvalue weighted by atomic mass is 16.5. The lowest BCUT2D eigenvalue weighted by atomic mass is 10.0. The van der Waals surface area contributed by atoms with Crippen LogP contribution >= 0.6 is 0 Å². The number of hydrogen-bond donors (Lipinski definition) is 0. The standard InChI is InChI=1S/C26H35NO3/c1-3-4-5-6-7-8-9-23-10-12-24(13-11-23)20-27(22(2)29)21-25-14-16-26(17-15-25)30-19-18-28/h10-18H,3-9,19-21H2,1-2H3. The van der Waals surface area contributed by atoms with Gasteiger partial charge in [-0.05, 0) is 41.7 Å². The zero-order chi connectivity index (χ0) is 21.6. The van der Waals surface area contributed by atoms with Crippen molar-refractivity contribution in [3.05, 3.63) is 65.2 Å². The van der Waals surface area contributed by atoms with Crippen LogP contribution in [0.25, 0.3) is 0 Å². The van der Waals surface area contributed by atoms with Gasteiger partial charge in [0.15, 0.2) is 6.29 Å². The quantitative estimate of drug-likeness (QED) is 0.296. The van der Waals surface area contributed by atoms with Gasteiger partial charge in [0.05, 0.1) is 0 Å². The second-order valence-corrected chi connectivity index (χ2v) is 7.83. The molecule has 0 aliphatic carbocycles. The molecule has 30 heavy (non-hydrogen) atoms. The van der Waals surface area contributed by atoms with Crippen molar-refractivity contribution in [1.82, 2.24) is 4.90 Å². The molecule has 0 bridgehead atoms. The molecule has 0 N–H and O–H groups in total. The molecule has 0 fully saturated rings. The third-order valence-electron chi connectivity index (χ3n) is 5.28. The van der Waals surface area contributed by atoms with E-state index in [9.17, 15) is 9.59 Å².